The molecule has 0 spiro atoms. The summed E-state index contributed by atoms with van der Waals surface area (Å²) in [6.07, 6.45) is 0. The highest BCUT2D eigenvalue weighted by Gasteiger charge is 2.23. The van der Waals surface area contributed by atoms with Crippen molar-refractivity contribution in [2.24, 2.45) is 7.05 Å². The molecule has 0 aliphatic rings. The summed E-state index contributed by atoms with van der Waals surface area (Å²) in [5.41, 5.74) is 2.76. The molecule has 23 heavy (non-hydrogen) atoms. The monoisotopic (exact) mass is 317 g/mol. The Labute approximate surface area is 136 Å². The topological polar surface area (TPSA) is 76.2 Å². The molecule has 1 heterocycles. The minimum Gasteiger partial charge on any atom is -0.360 e. The molecule has 7 nitrogen and oxygen atoms in total. The summed E-state index contributed by atoms with van der Waals surface area (Å²) >= 11 is 0. The van der Waals surface area contributed by atoms with Crippen molar-refractivity contribution in [3.63, 3.8) is 0 Å². The van der Waals surface area contributed by atoms with Crippen molar-refractivity contribution in [2.75, 3.05) is 18.9 Å². The highest BCUT2D eigenvalue weighted by Crippen LogP contribution is 2.27. The number of hydrogen-bond acceptors (Lipinski definition) is 5. The van der Waals surface area contributed by atoms with Gasteiger partial charge in [-0.1, -0.05) is 31.2 Å². The van der Waals surface area contributed by atoms with Crippen molar-refractivity contribution in [1.29, 1.82) is 0 Å². The van der Waals surface area contributed by atoms with Gasteiger partial charge in [0.15, 0.2) is 0 Å². The zero-order valence-corrected chi connectivity index (χ0v) is 14.0. The van der Waals surface area contributed by atoms with Crippen molar-refractivity contribution in [3.05, 3.63) is 51.2 Å². The van der Waals surface area contributed by atoms with Crippen LogP contribution in [-0.2, 0) is 20.1 Å². The summed E-state index contributed by atoms with van der Waals surface area (Å²) in [4.78, 5) is 13.0. The molecule has 0 atom stereocenters. The van der Waals surface area contributed by atoms with Crippen LogP contribution < -0.4 is 5.32 Å². The van der Waals surface area contributed by atoms with Gasteiger partial charge >= 0.3 is 5.69 Å². The molecule has 0 saturated carbocycles. The summed E-state index contributed by atoms with van der Waals surface area (Å²) in [6.45, 7) is 6.15. The zero-order valence-electron chi connectivity index (χ0n) is 14.0. The van der Waals surface area contributed by atoms with Gasteiger partial charge < -0.3 is 10.2 Å². The summed E-state index contributed by atoms with van der Waals surface area (Å²) < 4.78 is 1.52. The van der Waals surface area contributed by atoms with Gasteiger partial charge in [0.1, 0.15) is 5.69 Å². The second-order valence-corrected chi connectivity index (χ2v) is 5.67. The number of aromatic nitrogens is 2. The third-order valence-corrected chi connectivity index (χ3v) is 3.82. The van der Waals surface area contributed by atoms with Crippen molar-refractivity contribution in [3.8, 4) is 0 Å². The van der Waals surface area contributed by atoms with Crippen LogP contribution in [0.2, 0.25) is 0 Å². The number of nitrogens with zero attached hydrogens (tertiary/aromatic N) is 4. The lowest BCUT2D eigenvalue weighted by Crippen LogP contribution is -2.16. The van der Waals surface area contributed by atoms with Crippen LogP contribution in [0.1, 0.15) is 23.7 Å². The van der Waals surface area contributed by atoms with Gasteiger partial charge in [0.2, 0.25) is 5.82 Å². The molecular formula is C16H23N5O2. The van der Waals surface area contributed by atoms with Gasteiger partial charge in [0.25, 0.3) is 0 Å². The molecule has 0 unspecified atom stereocenters. The van der Waals surface area contributed by atoms with Crippen LogP contribution in [0.5, 0.6) is 0 Å². The maximum atomic E-state index is 11.2. The number of nitro groups is 1. The molecule has 124 valence electrons. The molecule has 0 aliphatic carbocycles. The summed E-state index contributed by atoms with van der Waals surface area (Å²) in [7, 11) is 3.78. The lowest BCUT2D eigenvalue weighted by atomic mass is 10.1. The number of anilines is 1. The standard InChI is InChI=1S/C16H23N5O2/c1-5-19(3)11-14-8-6-7-13(9-14)10-17-16-15(21(22)23)12(2)18-20(16)4/h6-9,17H,5,10-11H2,1-4H3. The van der Waals surface area contributed by atoms with E-state index < -0.39 is 4.92 Å². The first-order valence-corrected chi connectivity index (χ1v) is 7.60. The first-order chi connectivity index (χ1) is 10.9. The molecular weight excluding hydrogens is 294 g/mol. The van der Waals surface area contributed by atoms with Crippen LogP contribution in [0.4, 0.5) is 11.5 Å². The average molecular weight is 317 g/mol. The molecule has 0 fully saturated rings. The Hall–Kier alpha value is -2.41. The smallest absolute Gasteiger partial charge is 0.333 e. The first kappa shape index (κ1) is 17.0. The van der Waals surface area contributed by atoms with E-state index in [4.69, 9.17) is 0 Å². The Balaban J connectivity index is 2.13. The lowest BCUT2D eigenvalue weighted by Gasteiger charge is -2.14. The van der Waals surface area contributed by atoms with Crippen LogP contribution in [0.3, 0.4) is 0 Å². The van der Waals surface area contributed by atoms with E-state index in [-0.39, 0.29) is 5.69 Å². The van der Waals surface area contributed by atoms with Crippen molar-refractivity contribution >= 4 is 11.5 Å². The fourth-order valence-electron chi connectivity index (χ4n) is 2.51. The van der Waals surface area contributed by atoms with Crippen LogP contribution in [0.25, 0.3) is 0 Å². The minimum atomic E-state index is -0.392. The number of aryl methyl sites for hydroxylation is 2. The molecule has 0 aliphatic heterocycles. The minimum absolute atomic E-state index is 0.0365. The largest absolute Gasteiger partial charge is 0.360 e. The van der Waals surface area contributed by atoms with E-state index in [1.165, 1.54) is 10.2 Å². The van der Waals surface area contributed by atoms with E-state index in [1.807, 2.05) is 12.1 Å². The van der Waals surface area contributed by atoms with Gasteiger partial charge in [-0.2, -0.15) is 5.10 Å². The Morgan fingerprint density at radius 1 is 1.39 bits per heavy atom. The molecule has 0 amide bonds. The van der Waals surface area contributed by atoms with Gasteiger partial charge in [-0.25, -0.2) is 4.68 Å². The first-order valence-electron chi connectivity index (χ1n) is 7.60. The Morgan fingerprint density at radius 3 is 2.74 bits per heavy atom. The molecule has 1 aromatic heterocycles. The van der Waals surface area contributed by atoms with Gasteiger partial charge in [0, 0.05) is 20.1 Å². The van der Waals surface area contributed by atoms with E-state index in [1.54, 1.807) is 14.0 Å². The normalized spacial score (nSPS) is 11.0. The molecule has 7 heteroatoms. The third kappa shape index (κ3) is 4.07. The Bertz CT molecular complexity index is 696. The second-order valence-electron chi connectivity index (χ2n) is 5.67. The predicted molar refractivity (Wildman–Crippen MR) is 90.4 cm³/mol. The van der Waals surface area contributed by atoms with Gasteiger partial charge in [-0.05, 0) is 31.6 Å². The molecule has 1 aromatic carbocycles. The van der Waals surface area contributed by atoms with Gasteiger partial charge in [-0.3, -0.25) is 10.1 Å². The number of rotatable bonds is 7. The predicted octanol–water partition coefficient (Wildman–Crippen LogP) is 2.70. The lowest BCUT2D eigenvalue weighted by molar-refractivity contribution is -0.384. The van der Waals surface area contributed by atoms with Crippen molar-refractivity contribution in [1.82, 2.24) is 14.7 Å². The molecule has 0 saturated heterocycles. The van der Waals surface area contributed by atoms with Gasteiger partial charge in [-0.15, -0.1) is 0 Å². The van der Waals surface area contributed by atoms with Crippen molar-refractivity contribution < 1.29 is 4.92 Å². The highest BCUT2D eigenvalue weighted by molar-refractivity contribution is 5.59. The molecule has 2 rings (SSSR count). The van der Waals surface area contributed by atoms with Crippen LogP contribution >= 0.6 is 0 Å². The van der Waals surface area contributed by atoms with E-state index in [2.05, 4.69) is 41.4 Å². The molecule has 0 radical (unpaired) electrons. The van der Waals surface area contributed by atoms with Crippen molar-refractivity contribution in [2.45, 2.75) is 26.9 Å². The second kappa shape index (κ2) is 7.23. The molecule has 0 bridgehead atoms. The van der Waals surface area contributed by atoms with E-state index in [0.717, 1.165) is 18.7 Å². The van der Waals surface area contributed by atoms with E-state index in [0.29, 0.717) is 18.1 Å². The quantitative estimate of drug-likeness (QED) is 0.627. The number of benzene rings is 1. The van der Waals surface area contributed by atoms with Crippen LogP contribution in [-0.4, -0.2) is 33.2 Å². The fourth-order valence-corrected chi connectivity index (χ4v) is 2.51. The maximum Gasteiger partial charge on any atom is 0.333 e. The Morgan fingerprint density at radius 2 is 2.09 bits per heavy atom. The van der Waals surface area contributed by atoms with Crippen LogP contribution in [0.15, 0.2) is 24.3 Å². The van der Waals surface area contributed by atoms with E-state index in [9.17, 15) is 10.1 Å². The maximum absolute atomic E-state index is 11.2. The average Bonchev–Trinajstić information content (AvgIpc) is 2.79. The fraction of sp³-hybridized carbons (Fsp3) is 0.438. The Kier molecular flexibility index (Phi) is 5.33. The highest BCUT2D eigenvalue weighted by atomic mass is 16.6. The van der Waals surface area contributed by atoms with Crippen LogP contribution in [0, 0.1) is 17.0 Å². The molecule has 1 N–H and O–H groups in total. The van der Waals surface area contributed by atoms with E-state index >= 15 is 0 Å². The van der Waals surface area contributed by atoms with Gasteiger partial charge in [0.05, 0.1) is 4.92 Å². The third-order valence-electron chi connectivity index (χ3n) is 3.82. The molecule has 2 aromatic rings. The number of hydrogen-bond donors (Lipinski definition) is 1. The number of nitrogens with one attached hydrogen (secondary N) is 1. The summed E-state index contributed by atoms with van der Waals surface area (Å²) in [6, 6.07) is 8.23. The zero-order chi connectivity index (χ0) is 17.0. The SMILES string of the molecule is CCN(C)Cc1cccc(CNc2c([N+](=O)[O-])c(C)nn2C)c1. The summed E-state index contributed by atoms with van der Waals surface area (Å²) in [5.74, 6) is 0.434. The summed E-state index contributed by atoms with van der Waals surface area (Å²) in [5, 5.41) is 18.4.